The van der Waals surface area contributed by atoms with Gasteiger partial charge in [0.15, 0.2) is 0 Å². The highest BCUT2D eigenvalue weighted by molar-refractivity contribution is 6.33. The highest BCUT2D eigenvalue weighted by atomic mass is 35.5. The fraction of sp³-hybridized carbons (Fsp3) is 0.667. The van der Waals surface area contributed by atoms with Crippen molar-refractivity contribution in [2.45, 2.75) is 64.0 Å². The fourth-order valence-electron chi connectivity index (χ4n) is 5.15. The highest BCUT2D eigenvalue weighted by Crippen LogP contribution is 2.44. The Bertz CT molecular complexity index is 687. The van der Waals surface area contributed by atoms with Crippen molar-refractivity contribution in [1.82, 2.24) is 4.90 Å². The standard InChI is InChI=1S/C21H29ClN2O2/c1-15-3-8-18(22)19(13-15)23-11-2-9-21(14-23)10-12-24(20(21)26)16-4-6-17(25)7-5-16/h3,8,13,16-17,25H,2,4-7,9-12,14H2,1H3/t16-,17-,21-/m0/s1. The van der Waals surface area contributed by atoms with Gasteiger partial charge in [-0.2, -0.15) is 0 Å². The van der Waals surface area contributed by atoms with Crippen LogP contribution in [-0.2, 0) is 4.79 Å². The molecule has 1 spiro atoms. The molecular weight excluding hydrogens is 348 g/mol. The van der Waals surface area contributed by atoms with Crippen molar-refractivity contribution in [3.63, 3.8) is 0 Å². The van der Waals surface area contributed by atoms with Gasteiger partial charge >= 0.3 is 0 Å². The summed E-state index contributed by atoms with van der Waals surface area (Å²) in [6.45, 7) is 4.70. The lowest BCUT2D eigenvalue weighted by Crippen LogP contribution is -2.50. The number of aryl methyl sites for hydroxylation is 1. The zero-order valence-corrected chi connectivity index (χ0v) is 16.3. The van der Waals surface area contributed by atoms with Crippen LogP contribution >= 0.6 is 11.6 Å². The van der Waals surface area contributed by atoms with Gasteiger partial charge in [0.2, 0.25) is 5.91 Å². The first kappa shape index (κ1) is 18.1. The summed E-state index contributed by atoms with van der Waals surface area (Å²) < 4.78 is 0. The van der Waals surface area contributed by atoms with E-state index in [2.05, 4.69) is 22.8 Å². The Labute approximate surface area is 161 Å². The van der Waals surface area contributed by atoms with Crippen molar-refractivity contribution < 1.29 is 9.90 Å². The Balaban J connectivity index is 1.51. The number of hydrogen-bond acceptors (Lipinski definition) is 3. The van der Waals surface area contributed by atoms with Gasteiger partial charge in [0, 0.05) is 25.7 Å². The number of carbonyl (C=O) groups is 1. The molecule has 1 saturated carbocycles. The summed E-state index contributed by atoms with van der Waals surface area (Å²) in [6.07, 6.45) is 6.33. The van der Waals surface area contributed by atoms with E-state index >= 15 is 0 Å². The number of aliphatic hydroxyl groups excluding tert-OH is 1. The minimum Gasteiger partial charge on any atom is -0.393 e. The third-order valence-corrected chi connectivity index (χ3v) is 6.99. The Hall–Kier alpha value is -1.26. The van der Waals surface area contributed by atoms with Crippen LogP contribution in [0, 0.1) is 12.3 Å². The minimum absolute atomic E-state index is 0.174. The second-order valence-corrected chi connectivity index (χ2v) is 8.88. The van der Waals surface area contributed by atoms with Crippen LogP contribution in [0.15, 0.2) is 18.2 Å². The number of hydrogen-bond donors (Lipinski definition) is 1. The van der Waals surface area contributed by atoms with Crippen LogP contribution in [0.1, 0.15) is 50.5 Å². The molecular formula is C21H29ClN2O2. The summed E-state index contributed by atoms with van der Waals surface area (Å²) in [4.78, 5) is 17.9. The molecule has 1 atom stereocenters. The first-order valence-electron chi connectivity index (χ1n) is 9.99. The molecule has 4 nitrogen and oxygen atoms in total. The average molecular weight is 377 g/mol. The van der Waals surface area contributed by atoms with Crippen molar-refractivity contribution >= 4 is 23.2 Å². The number of anilines is 1. The van der Waals surface area contributed by atoms with Crippen LogP contribution < -0.4 is 4.90 Å². The minimum atomic E-state index is -0.249. The van der Waals surface area contributed by atoms with E-state index in [4.69, 9.17) is 11.6 Å². The molecule has 2 aliphatic heterocycles. The van der Waals surface area contributed by atoms with Crippen LogP contribution in [-0.4, -0.2) is 47.7 Å². The SMILES string of the molecule is Cc1ccc(Cl)c(N2CCC[C@]3(CCN([C@H]4CC[C@H](O)CC4)C3=O)C2)c1. The molecule has 2 heterocycles. The molecule has 142 valence electrons. The molecule has 26 heavy (non-hydrogen) atoms. The van der Waals surface area contributed by atoms with Crippen molar-refractivity contribution in [3.8, 4) is 0 Å². The van der Waals surface area contributed by atoms with E-state index in [9.17, 15) is 9.90 Å². The molecule has 0 aromatic heterocycles. The zero-order chi connectivity index (χ0) is 18.3. The average Bonchev–Trinajstić information content (AvgIpc) is 2.94. The van der Waals surface area contributed by atoms with E-state index in [0.29, 0.717) is 11.9 Å². The summed E-state index contributed by atoms with van der Waals surface area (Å²) in [7, 11) is 0. The predicted octanol–water partition coefficient (Wildman–Crippen LogP) is 3.77. The van der Waals surface area contributed by atoms with Gasteiger partial charge in [-0.25, -0.2) is 0 Å². The largest absolute Gasteiger partial charge is 0.393 e. The molecule has 0 radical (unpaired) electrons. The number of halogens is 1. The summed E-state index contributed by atoms with van der Waals surface area (Å²) in [5.41, 5.74) is 2.02. The second-order valence-electron chi connectivity index (χ2n) is 8.47. The van der Waals surface area contributed by atoms with Crippen LogP contribution in [0.2, 0.25) is 5.02 Å². The van der Waals surface area contributed by atoms with Gasteiger partial charge in [0.25, 0.3) is 0 Å². The van der Waals surface area contributed by atoms with Gasteiger partial charge in [-0.3, -0.25) is 4.79 Å². The van der Waals surface area contributed by atoms with Gasteiger partial charge in [-0.1, -0.05) is 17.7 Å². The first-order valence-corrected chi connectivity index (χ1v) is 10.4. The quantitative estimate of drug-likeness (QED) is 0.854. The van der Waals surface area contributed by atoms with E-state index in [1.165, 1.54) is 5.56 Å². The van der Waals surface area contributed by atoms with Crippen molar-refractivity contribution in [2.75, 3.05) is 24.5 Å². The maximum atomic E-state index is 13.4. The van der Waals surface area contributed by atoms with Crippen LogP contribution in [0.4, 0.5) is 5.69 Å². The lowest BCUT2D eigenvalue weighted by atomic mass is 9.78. The number of piperidine rings is 1. The molecule has 1 aromatic carbocycles. The van der Waals surface area contributed by atoms with Crippen molar-refractivity contribution in [3.05, 3.63) is 28.8 Å². The second kappa shape index (κ2) is 7.05. The molecule has 5 heteroatoms. The van der Waals surface area contributed by atoms with Gasteiger partial charge in [0.1, 0.15) is 0 Å². The van der Waals surface area contributed by atoms with Crippen LogP contribution in [0.5, 0.6) is 0 Å². The number of nitrogens with zero attached hydrogens (tertiary/aromatic N) is 2. The molecule has 3 fully saturated rings. The van der Waals surface area contributed by atoms with Crippen molar-refractivity contribution in [1.29, 1.82) is 0 Å². The summed E-state index contributed by atoms with van der Waals surface area (Å²) in [5, 5.41) is 10.5. The van der Waals surface area contributed by atoms with Gasteiger partial charge in [-0.15, -0.1) is 0 Å². The maximum Gasteiger partial charge on any atom is 0.230 e. The normalized spacial score (nSPS) is 32.5. The molecule has 4 rings (SSSR count). The number of carbonyl (C=O) groups excluding carboxylic acids is 1. The summed E-state index contributed by atoms with van der Waals surface area (Å²) >= 11 is 6.46. The summed E-state index contributed by atoms with van der Waals surface area (Å²) in [6, 6.07) is 6.46. The number of rotatable bonds is 2. The predicted molar refractivity (Wildman–Crippen MR) is 105 cm³/mol. The molecule has 0 bridgehead atoms. The number of likely N-dealkylation sites (tertiary alicyclic amines) is 1. The Morgan fingerprint density at radius 3 is 2.69 bits per heavy atom. The van der Waals surface area contributed by atoms with Crippen LogP contribution in [0.3, 0.4) is 0 Å². The van der Waals surface area contributed by atoms with E-state index < -0.39 is 0 Å². The molecule has 3 aliphatic rings. The van der Waals surface area contributed by atoms with Gasteiger partial charge in [0.05, 0.1) is 22.2 Å². The smallest absolute Gasteiger partial charge is 0.230 e. The van der Waals surface area contributed by atoms with Crippen LogP contribution in [0.25, 0.3) is 0 Å². The zero-order valence-electron chi connectivity index (χ0n) is 15.6. The number of benzene rings is 1. The fourth-order valence-corrected chi connectivity index (χ4v) is 5.38. The third-order valence-electron chi connectivity index (χ3n) is 6.67. The van der Waals surface area contributed by atoms with E-state index in [-0.39, 0.29) is 11.5 Å². The lowest BCUT2D eigenvalue weighted by Gasteiger charge is -2.41. The molecule has 0 unspecified atom stereocenters. The lowest BCUT2D eigenvalue weighted by molar-refractivity contribution is -0.139. The summed E-state index contributed by atoms with van der Waals surface area (Å²) in [5.74, 6) is 0.340. The monoisotopic (exact) mass is 376 g/mol. The Kier molecular flexibility index (Phi) is 4.91. The molecule has 1 aromatic rings. The number of aliphatic hydroxyl groups is 1. The van der Waals surface area contributed by atoms with E-state index in [1.54, 1.807) is 0 Å². The maximum absolute atomic E-state index is 13.4. The Morgan fingerprint density at radius 1 is 1.15 bits per heavy atom. The third kappa shape index (κ3) is 3.22. The highest BCUT2D eigenvalue weighted by Gasteiger charge is 2.50. The molecule has 1 aliphatic carbocycles. The molecule has 1 N–H and O–H groups in total. The van der Waals surface area contributed by atoms with Gasteiger partial charge in [-0.05, 0) is 69.6 Å². The molecule has 1 amide bonds. The van der Waals surface area contributed by atoms with E-state index in [0.717, 1.165) is 75.3 Å². The van der Waals surface area contributed by atoms with Crippen molar-refractivity contribution in [2.24, 2.45) is 5.41 Å². The molecule has 2 saturated heterocycles. The first-order chi connectivity index (χ1) is 12.5. The number of amides is 1. The Morgan fingerprint density at radius 2 is 1.92 bits per heavy atom. The van der Waals surface area contributed by atoms with E-state index in [1.807, 2.05) is 12.1 Å². The topological polar surface area (TPSA) is 43.8 Å². The van der Waals surface area contributed by atoms with Gasteiger partial charge < -0.3 is 14.9 Å².